The molecule has 35 heavy (non-hydrogen) atoms. The predicted octanol–water partition coefficient (Wildman–Crippen LogP) is 4.70. The van der Waals surface area contributed by atoms with Crippen molar-refractivity contribution in [1.29, 1.82) is 0 Å². The summed E-state index contributed by atoms with van der Waals surface area (Å²) in [5.74, 6) is -0.739. The van der Waals surface area contributed by atoms with Gasteiger partial charge in [-0.15, -0.1) is 0 Å². The second kappa shape index (κ2) is 10.5. The molecule has 0 aromatic heterocycles. The number of fused-ring (bicyclic) bond motifs is 3. The Morgan fingerprint density at radius 3 is 2.26 bits per heavy atom. The van der Waals surface area contributed by atoms with Crippen molar-refractivity contribution in [3.63, 3.8) is 0 Å². The van der Waals surface area contributed by atoms with E-state index in [1.807, 2.05) is 38.1 Å². The van der Waals surface area contributed by atoms with Crippen LogP contribution in [0.1, 0.15) is 63.0 Å². The van der Waals surface area contributed by atoms with Crippen LogP contribution >= 0.6 is 0 Å². The zero-order valence-corrected chi connectivity index (χ0v) is 20.4. The third-order valence-electron chi connectivity index (χ3n) is 7.32. The third-order valence-corrected chi connectivity index (χ3v) is 7.32. The van der Waals surface area contributed by atoms with Crippen LogP contribution in [0.3, 0.4) is 0 Å². The standard InChI is InChI=1S/C28H34N2O5/c1-28(2,26(33)30-19-12-11-18(15-19)16-25(31)32)13-14-29-27(34)35-17-24-22-9-5-3-7-20(22)21-8-4-6-10-23(21)24/h3-10,18-19,24H,11-17H2,1-2H3,(H,29,34)(H,30,33)(H,31,32). The normalized spacial score (nSPS) is 19.0. The lowest BCUT2D eigenvalue weighted by molar-refractivity contribution is -0.138. The maximum atomic E-state index is 12.8. The first-order valence-electron chi connectivity index (χ1n) is 12.4. The van der Waals surface area contributed by atoms with Crippen molar-refractivity contribution in [1.82, 2.24) is 10.6 Å². The van der Waals surface area contributed by atoms with E-state index in [1.54, 1.807) is 0 Å². The van der Waals surface area contributed by atoms with Crippen molar-refractivity contribution in [3.8, 4) is 11.1 Å². The molecule has 2 aliphatic carbocycles. The van der Waals surface area contributed by atoms with Crippen molar-refractivity contribution in [2.45, 2.75) is 57.9 Å². The first kappa shape index (κ1) is 24.8. The molecule has 2 aliphatic rings. The number of benzene rings is 2. The van der Waals surface area contributed by atoms with E-state index in [-0.39, 0.29) is 36.8 Å². The molecule has 0 bridgehead atoms. The van der Waals surface area contributed by atoms with Gasteiger partial charge in [0.2, 0.25) is 5.91 Å². The van der Waals surface area contributed by atoms with E-state index in [0.717, 1.165) is 24.0 Å². The average molecular weight is 479 g/mol. The van der Waals surface area contributed by atoms with Crippen LogP contribution in [0.2, 0.25) is 0 Å². The molecule has 4 rings (SSSR count). The van der Waals surface area contributed by atoms with Crippen LogP contribution in [0.4, 0.5) is 4.79 Å². The average Bonchev–Trinajstić information content (AvgIpc) is 3.39. The van der Waals surface area contributed by atoms with Crippen LogP contribution in [0.15, 0.2) is 48.5 Å². The van der Waals surface area contributed by atoms with Gasteiger partial charge in [0.15, 0.2) is 0 Å². The van der Waals surface area contributed by atoms with Gasteiger partial charge in [-0.05, 0) is 53.9 Å². The van der Waals surface area contributed by atoms with E-state index in [2.05, 4.69) is 34.9 Å². The SMILES string of the molecule is CC(C)(CCNC(=O)OCC1c2ccccc2-c2ccccc21)C(=O)NC1CCC(CC(=O)O)C1. The molecular formula is C28H34N2O5. The molecule has 2 atom stereocenters. The van der Waals surface area contributed by atoms with E-state index in [4.69, 9.17) is 9.84 Å². The minimum absolute atomic E-state index is 0.00623. The van der Waals surface area contributed by atoms with Gasteiger partial charge < -0.3 is 20.5 Å². The molecule has 2 amide bonds. The highest BCUT2D eigenvalue weighted by atomic mass is 16.5. The fraction of sp³-hybridized carbons (Fsp3) is 0.464. The number of amides is 2. The minimum Gasteiger partial charge on any atom is -0.481 e. The van der Waals surface area contributed by atoms with Crippen molar-refractivity contribution < 1.29 is 24.2 Å². The van der Waals surface area contributed by atoms with Gasteiger partial charge in [0.05, 0.1) is 0 Å². The summed E-state index contributed by atoms with van der Waals surface area (Å²) in [6.07, 6.45) is 2.45. The van der Waals surface area contributed by atoms with Gasteiger partial charge in [-0.25, -0.2) is 4.79 Å². The lowest BCUT2D eigenvalue weighted by atomic mass is 9.88. The predicted molar refractivity (Wildman–Crippen MR) is 133 cm³/mol. The fourth-order valence-corrected chi connectivity index (χ4v) is 5.26. The number of ether oxygens (including phenoxy) is 1. The van der Waals surface area contributed by atoms with Crippen LogP contribution in [0.25, 0.3) is 11.1 Å². The molecule has 1 fully saturated rings. The quantitative estimate of drug-likeness (QED) is 0.485. The highest BCUT2D eigenvalue weighted by Crippen LogP contribution is 2.44. The summed E-state index contributed by atoms with van der Waals surface area (Å²) in [4.78, 5) is 36.1. The van der Waals surface area contributed by atoms with E-state index in [1.165, 1.54) is 11.1 Å². The van der Waals surface area contributed by atoms with Gasteiger partial charge in [0.1, 0.15) is 6.61 Å². The Hall–Kier alpha value is -3.35. The number of rotatable bonds is 9. The number of alkyl carbamates (subject to hydrolysis) is 1. The molecule has 3 N–H and O–H groups in total. The Labute approximate surface area is 206 Å². The van der Waals surface area contributed by atoms with Crippen LogP contribution in [0.5, 0.6) is 0 Å². The first-order chi connectivity index (χ1) is 16.7. The molecule has 0 radical (unpaired) electrons. The second-order valence-electron chi connectivity index (χ2n) is 10.3. The number of nitrogens with one attached hydrogen (secondary N) is 2. The fourth-order valence-electron chi connectivity index (χ4n) is 5.26. The Morgan fingerprint density at radius 2 is 1.63 bits per heavy atom. The number of carbonyl (C=O) groups excluding carboxylic acids is 2. The highest BCUT2D eigenvalue weighted by molar-refractivity contribution is 5.82. The monoisotopic (exact) mass is 478 g/mol. The molecule has 7 nitrogen and oxygen atoms in total. The number of aliphatic carboxylic acids is 1. The molecular weight excluding hydrogens is 444 g/mol. The summed E-state index contributed by atoms with van der Waals surface area (Å²) in [6.45, 7) is 4.28. The van der Waals surface area contributed by atoms with Gasteiger partial charge in [0.25, 0.3) is 0 Å². The molecule has 0 heterocycles. The van der Waals surface area contributed by atoms with Gasteiger partial charge in [0, 0.05) is 30.3 Å². The summed E-state index contributed by atoms with van der Waals surface area (Å²) >= 11 is 0. The van der Waals surface area contributed by atoms with E-state index >= 15 is 0 Å². The van der Waals surface area contributed by atoms with Crippen molar-refractivity contribution in [2.75, 3.05) is 13.2 Å². The van der Waals surface area contributed by atoms with Crippen LogP contribution in [0, 0.1) is 11.3 Å². The van der Waals surface area contributed by atoms with Gasteiger partial charge in [-0.1, -0.05) is 62.4 Å². The number of carbonyl (C=O) groups is 3. The van der Waals surface area contributed by atoms with E-state index in [9.17, 15) is 14.4 Å². The molecule has 7 heteroatoms. The first-order valence-corrected chi connectivity index (χ1v) is 12.4. The number of carboxylic acids is 1. The largest absolute Gasteiger partial charge is 0.481 e. The lowest BCUT2D eigenvalue weighted by Gasteiger charge is -2.26. The molecule has 2 aromatic rings. The molecule has 186 valence electrons. The second-order valence-corrected chi connectivity index (χ2v) is 10.3. The van der Waals surface area contributed by atoms with Crippen molar-refractivity contribution in [3.05, 3.63) is 59.7 Å². The van der Waals surface area contributed by atoms with E-state index < -0.39 is 17.5 Å². The number of carboxylic acid groups (broad SMARTS) is 1. The summed E-state index contributed by atoms with van der Waals surface area (Å²) < 4.78 is 5.57. The molecule has 0 aliphatic heterocycles. The summed E-state index contributed by atoms with van der Waals surface area (Å²) in [5, 5.41) is 14.8. The Balaban J connectivity index is 1.22. The van der Waals surface area contributed by atoms with Crippen LogP contribution < -0.4 is 10.6 Å². The maximum Gasteiger partial charge on any atom is 0.407 e. The summed E-state index contributed by atoms with van der Waals surface area (Å²) in [6, 6.07) is 16.4. The smallest absolute Gasteiger partial charge is 0.407 e. The van der Waals surface area contributed by atoms with Crippen molar-refractivity contribution in [2.24, 2.45) is 11.3 Å². The lowest BCUT2D eigenvalue weighted by Crippen LogP contribution is -2.43. The maximum absolute atomic E-state index is 12.8. The van der Waals surface area contributed by atoms with E-state index in [0.29, 0.717) is 19.4 Å². The number of hydrogen-bond donors (Lipinski definition) is 3. The Bertz CT molecular complexity index is 1050. The highest BCUT2D eigenvalue weighted by Gasteiger charge is 2.33. The van der Waals surface area contributed by atoms with Crippen LogP contribution in [-0.2, 0) is 14.3 Å². The Morgan fingerprint density at radius 1 is 1.00 bits per heavy atom. The molecule has 1 saturated carbocycles. The third kappa shape index (κ3) is 5.84. The molecule has 0 spiro atoms. The van der Waals surface area contributed by atoms with Crippen LogP contribution in [-0.4, -0.2) is 42.3 Å². The zero-order valence-electron chi connectivity index (χ0n) is 20.4. The summed E-state index contributed by atoms with van der Waals surface area (Å²) in [5.41, 5.74) is 4.03. The molecule has 0 saturated heterocycles. The topological polar surface area (TPSA) is 105 Å². The molecule has 2 unspecified atom stereocenters. The Kier molecular flexibility index (Phi) is 7.43. The minimum atomic E-state index is -0.790. The number of hydrogen-bond acceptors (Lipinski definition) is 4. The summed E-state index contributed by atoms with van der Waals surface area (Å²) in [7, 11) is 0. The van der Waals surface area contributed by atoms with Gasteiger partial charge in [-0.3, -0.25) is 9.59 Å². The van der Waals surface area contributed by atoms with Gasteiger partial charge >= 0.3 is 12.1 Å². The zero-order chi connectivity index (χ0) is 25.0. The molecule has 2 aromatic carbocycles. The van der Waals surface area contributed by atoms with Crippen molar-refractivity contribution >= 4 is 18.0 Å². The van der Waals surface area contributed by atoms with Gasteiger partial charge in [-0.2, -0.15) is 0 Å².